The number of carbonyl (C=O) groups is 2. The highest BCUT2D eigenvalue weighted by Crippen LogP contribution is 2.30. The Labute approximate surface area is 166 Å². The van der Waals surface area contributed by atoms with Gasteiger partial charge in [-0.25, -0.2) is 9.97 Å². The number of nitrogens with two attached hydrogens (primary N) is 1. The molecule has 0 aliphatic rings. The summed E-state index contributed by atoms with van der Waals surface area (Å²) in [7, 11) is 3.02. The third-order valence-electron chi connectivity index (χ3n) is 3.94. The van der Waals surface area contributed by atoms with Gasteiger partial charge in [-0.2, -0.15) is 0 Å². The van der Waals surface area contributed by atoms with Crippen LogP contribution in [0.1, 0.15) is 21.0 Å². The largest absolute Gasteiger partial charge is 0.493 e. The quantitative estimate of drug-likeness (QED) is 0.563. The van der Waals surface area contributed by atoms with E-state index in [1.807, 2.05) is 18.2 Å². The number of methoxy groups -OCH3 is 2. The molecule has 0 unspecified atom stereocenters. The summed E-state index contributed by atoms with van der Waals surface area (Å²) in [6.45, 7) is 0. The van der Waals surface area contributed by atoms with E-state index in [4.69, 9.17) is 15.2 Å². The van der Waals surface area contributed by atoms with Gasteiger partial charge in [-0.3, -0.25) is 9.59 Å². The number of carbonyl (C=O) groups excluding carboxylic acids is 2. The maximum Gasteiger partial charge on any atom is 0.293 e. The molecule has 0 saturated heterocycles. The van der Waals surface area contributed by atoms with Crippen LogP contribution in [-0.4, -0.2) is 36.0 Å². The van der Waals surface area contributed by atoms with Gasteiger partial charge in [-0.05, 0) is 24.3 Å². The fourth-order valence-corrected chi connectivity index (χ4v) is 2.53. The molecule has 9 nitrogen and oxygen atoms in total. The number of aromatic nitrogens is 2. The number of amides is 2. The van der Waals surface area contributed by atoms with Gasteiger partial charge in [-0.1, -0.05) is 18.2 Å². The molecular formula is C20H19N5O4. The number of hydrogen-bond acceptors (Lipinski definition) is 7. The van der Waals surface area contributed by atoms with E-state index in [9.17, 15) is 9.59 Å². The van der Waals surface area contributed by atoms with Crippen LogP contribution < -0.4 is 25.8 Å². The van der Waals surface area contributed by atoms with E-state index in [0.717, 1.165) is 0 Å². The lowest BCUT2D eigenvalue weighted by molar-refractivity contribution is 0.0991. The molecule has 4 N–H and O–H groups in total. The minimum absolute atomic E-state index is 0.0662. The molecule has 0 atom stereocenters. The standard InChI is InChI=1S/C20H19N5O4/c1-28-15-9-8-13(10-16(15)29-2)24-20(27)19-22-11-14(17(21)26)18(25-19)23-12-6-4-3-5-7-12/h3-11H,1-2H3,(H2,21,26)(H,24,27)(H,22,23,25). The minimum Gasteiger partial charge on any atom is -0.493 e. The Hall–Kier alpha value is -4.14. The topological polar surface area (TPSA) is 128 Å². The van der Waals surface area contributed by atoms with Gasteiger partial charge in [-0.15, -0.1) is 0 Å². The molecule has 0 aliphatic carbocycles. The lowest BCUT2D eigenvalue weighted by atomic mass is 10.2. The fraction of sp³-hybridized carbons (Fsp3) is 0.100. The second-order valence-electron chi connectivity index (χ2n) is 5.84. The first-order valence-corrected chi connectivity index (χ1v) is 8.54. The van der Waals surface area contributed by atoms with Gasteiger partial charge in [0.2, 0.25) is 5.82 Å². The minimum atomic E-state index is -0.713. The zero-order valence-electron chi connectivity index (χ0n) is 15.8. The van der Waals surface area contributed by atoms with Crippen molar-refractivity contribution in [2.45, 2.75) is 0 Å². The Balaban J connectivity index is 1.87. The predicted molar refractivity (Wildman–Crippen MR) is 108 cm³/mol. The predicted octanol–water partition coefficient (Wildman–Crippen LogP) is 2.59. The van der Waals surface area contributed by atoms with Crippen LogP contribution >= 0.6 is 0 Å². The Kier molecular flexibility index (Phi) is 5.88. The molecule has 9 heteroatoms. The summed E-state index contributed by atoms with van der Waals surface area (Å²) >= 11 is 0. The maximum atomic E-state index is 12.6. The van der Waals surface area contributed by atoms with E-state index >= 15 is 0 Å². The van der Waals surface area contributed by atoms with Crippen molar-refractivity contribution in [2.24, 2.45) is 5.73 Å². The van der Waals surface area contributed by atoms with Crippen molar-refractivity contribution >= 4 is 29.0 Å². The molecule has 2 aromatic carbocycles. The fourth-order valence-electron chi connectivity index (χ4n) is 2.53. The molecule has 29 heavy (non-hydrogen) atoms. The van der Waals surface area contributed by atoms with Crippen LogP contribution in [0.25, 0.3) is 0 Å². The molecule has 3 rings (SSSR count). The molecule has 148 valence electrons. The van der Waals surface area contributed by atoms with Crippen LogP contribution in [0.15, 0.2) is 54.7 Å². The molecule has 0 spiro atoms. The molecule has 1 aromatic heterocycles. The third kappa shape index (κ3) is 4.59. The van der Waals surface area contributed by atoms with Crippen LogP contribution in [0.2, 0.25) is 0 Å². The highest BCUT2D eigenvalue weighted by atomic mass is 16.5. The van der Waals surface area contributed by atoms with Crippen LogP contribution in [0, 0.1) is 0 Å². The van der Waals surface area contributed by atoms with Crippen molar-refractivity contribution in [3.63, 3.8) is 0 Å². The SMILES string of the molecule is COc1ccc(NC(=O)c2ncc(C(N)=O)c(Nc3ccccc3)n2)cc1OC. The number of benzene rings is 2. The van der Waals surface area contributed by atoms with Gasteiger partial charge in [0.15, 0.2) is 11.5 Å². The molecule has 0 fully saturated rings. The summed E-state index contributed by atoms with van der Waals surface area (Å²) in [5.74, 6) is -0.289. The molecule has 1 heterocycles. The highest BCUT2D eigenvalue weighted by Gasteiger charge is 2.17. The summed E-state index contributed by atoms with van der Waals surface area (Å²) in [6, 6.07) is 14.0. The molecule has 0 bridgehead atoms. The summed E-state index contributed by atoms with van der Waals surface area (Å²) < 4.78 is 10.4. The molecular weight excluding hydrogens is 374 g/mol. The Morgan fingerprint density at radius 2 is 1.69 bits per heavy atom. The van der Waals surface area contributed by atoms with Gasteiger partial charge in [0.1, 0.15) is 11.4 Å². The van der Waals surface area contributed by atoms with E-state index < -0.39 is 11.8 Å². The van der Waals surface area contributed by atoms with Crippen molar-refractivity contribution in [2.75, 3.05) is 24.9 Å². The summed E-state index contributed by atoms with van der Waals surface area (Å²) in [5.41, 5.74) is 6.60. The molecule has 3 aromatic rings. The zero-order valence-corrected chi connectivity index (χ0v) is 15.8. The second-order valence-corrected chi connectivity index (χ2v) is 5.84. The van der Waals surface area contributed by atoms with Crippen molar-refractivity contribution in [1.29, 1.82) is 0 Å². The first kappa shape index (κ1) is 19.6. The number of anilines is 3. The van der Waals surface area contributed by atoms with Gasteiger partial charge in [0.05, 0.1) is 14.2 Å². The number of para-hydroxylation sites is 1. The normalized spacial score (nSPS) is 10.1. The Bertz CT molecular complexity index is 1040. The lowest BCUT2D eigenvalue weighted by Gasteiger charge is -2.12. The van der Waals surface area contributed by atoms with Gasteiger partial charge < -0.3 is 25.8 Å². The summed E-state index contributed by atoms with van der Waals surface area (Å²) in [6.07, 6.45) is 1.21. The van der Waals surface area contributed by atoms with Crippen molar-refractivity contribution < 1.29 is 19.1 Å². The Morgan fingerprint density at radius 3 is 2.34 bits per heavy atom. The van der Waals surface area contributed by atoms with E-state index in [1.165, 1.54) is 20.4 Å². The highest BCUT2D eigenvalue weighted by molar-refractivity contribution is 6.03. The number of nitrogens with zero attached hydrogens (tertiary/aromatic N) is 2. The van der Waals surface area contributed by atoms with Crippen molar-refractivity contribution in [1.82, 2.24) is 9.97 Å². The number of rotatable bonds is 7. The average molecular weight is 393 g/mol. The summed E-state index contributed by atoms with van der Waals surface area (Å²) in [5, 5.41) is 5.66. The van der Waals surface area contributed by atoms with E-state index in [0.29, 0.717) is 22.9 Å². The van der Waals surface area contributed by atoms with Gasteiger partial charge in [0.25, 0.3) is 11.8 Å². The number of ether oxygens (including phenoxy) is 2. The van der Waals surface area contributed by atoms with Gasteiger partial charge in [0, 0.05) is 23.6 Å². The van der Waals surface area contributed by atoms with E-state index in [1.54, 1.807) is 30.3 Å². The smallest absolute Gasteiger partial charge is 0.293 e. The monoisotopic (exact) mass is 393 g/mol. The maximum absolute atomic E-state index is 12.6. The second kappa shape index (κ2) is 8.70. The van der Waals surface area contributed by atoms with Crippen LogP contribution in [-0.2, 0) is 0 Å². The first-order chi connectivity index (χ1) is 14.0. The molecule has 0 aliphatic heterocycles. The van der Waals surface area contributed by atoms with E-state index in [-0.39, 0.29) is 17.2 Å². The average Bonchev–Trinajstić information content (AvgIpc) is 2.74. The molecule has 0 radical (unpaired) electrons. The van der Waals surface area contributed by atoms with Crippen LogP contribution in [0.4, 0.5) is 17.2 Å². The van der Waals surface area contributed by atoms with Crippen LogP contribution in [0.3, 0.4) is 0 Å². The number of nitrogens with one attached hydrogen (secondary N) is 2. The number of primary amides is 1. The molecule has 2 amide bonds. The first-order valence-electron chi connectivity index (χ1n) is 8.54. The van der Waals surface area contributed by atoms with Crippen molar-refractivity contribution in [3.8, 4) is 11.5 Å². The van der Waals surface area contributed by atoms with Crippen LogP contribution in [0.5, 0.6) is 11.5 Å². The third-order valence-corrected chi connectivity index (χ3v) is 3.94. The molecule has 0 saturated carbocycles. The summed E-state index contributed by atoms with van der Waals surface area (Å²) in [4.78, 5) is 32.4. The van der Waals surface area contributed by atoms with Gasteiger partial charge >= 0.3 is 0 Å². The van der Waals surface area contributed by atoms with E-state index in [2.05, 4.69) is 20.6 Å². The lowest BCUT2D eigenvalue weighted by Crippen LogP contribution is -2.20. The van der Waals surface area contributed by atoms with Crippen molar-refractivity contribution in [3.05, 3.63) is 66.1 Å². The number of hydrogen-bond donors (Lipinski definition) is 3. The zero-order chi connectivity index (χ0) is 20.8. The Morgan fingerprint density at radius 1 is 0.966 bits per heavy atom.